The van der Waals surface area contributed by atoms with Gasteiger partial charge in [0.05, 0.1) is 23.2 Å². The van der Waals surface area contributed by atoms with E-state index in [2.05, 4.69) is 15.3 Å². The topological polar surface area (TPSA) is 119 Å². The quantitative estimate of drug-likeness (QED) is 0.376. The summed E-state index contributed by atoms with van der Waals surface area (Å²) in [5.41, 5.74) is 7.75. The molecule has 0 spiro atoms. The van der Waals surface area contributed by atoms with Crippen LogP contribution >= 0.6 is 11.6 Å². The van der Waals surface area contributed by atoms with Crippen LogP contribution in [-0.2, 0) is 4.79 Å². The van der Waals surface area contributed by atoms with Crippen molar-refractivity contribution in [2.24, 2.45) is 5.73 Å². The van der Waals surface area contributed by atoms with Crippen molar-refractivity contribution in [2.45, 2.75) is 0 Å². The molecule has 0 saturated heterocycles. The first-order chi connectivity index (χ1) is 15.8. The first kappa shape index (κ1) is 22.1. The average Bonchev–Trinajstić information content (AvgIpc) is 3.21. The fraction of sp³-hybridized carbons (Fsp3) is 0.0870. The van der Waals surface area contributed by atoms with E-state index in [0.717, 1.165) is 0 Å². The van der Waals surface area contributed by atoms with E-state index >= 15 is 0 Å². The first-order valence-electron chi connectivity index (χ1n) is 9.69. The van der Waals surface area contributed by atoms with Crippen LogP contribution in [0, 0.1) is 5.82 Å². The van der Waals surface area contributed by atoms with E-state index in [1.165, 1.54) is 31.4 Å². The van der Waals surface area contributed by atoms with Crippen molar-refractivity contribution in [3.8, 4) is 22.9 Å². The summed E-state index contributed by atoms with van der Waals surface area (Å²) >= 11 is 6.22. The number of halogens is 2. The summed E-state index contributed by atoms with van der Waals surface area (Å²) in [6.07, 6.45) is 0. The molecule has 0 aliphatic heterocycles. The molecule has 4 rings (SSSR count). The molecule has 10 heteroatoms. The lowest BCUT2D eigenvalue weighted by molar-refractivity contribution is -0.119. The van der Waals surface area contributed by atoms with E-state index in [0.29, 0.717) is 28.1 Å². The summed E-state index contributed by atoms with van der Waals surface area (Å²) in [6, 6.07) is 14.1. The van der Waals surface area contributed by atoms with E-state index in [1.54, 1.807) is 30.3 Å². The van der Waals surface area contributed by atoms with Crippen molar-refractivity contribution < 1.29 is 23.5 Å². The number of hydrogen-bond acceptors (Lipinski definition) is 5. The Morgan fingerprint density at radius 3 is 2.73 bits per heavy atom. The number of amides is 2. The van der Waals surface area contributed by atoms with Crippen molar-refractivity contribution in [3.05, 3.63) is 71.0 Å². The van der Waals surface area contributed by atoms with Crippen LogP contribution in [0.2, 0.25) is 5.02 Å². The molecule has 1 aromatic heterocycles. The number of nitrogens with one attached hydrogen (secondary N) is 2. The summed E-state index contributed by atoms with van der Waals surface area (Å²) in [6.45, 7) is -0.385. The molecular weight excluding hydrogens is 451 g/mol. The van der Waals surface area contributed by atoms with Gasteiger partial charge in [-0.15, -0.1) is 0 Å². The standard InChI is InChI=1S/C23H18ClFN4O4/c1-32-19-9-13(8-16(24)21(19)33-11-20(26)30)23(31)27-15-5-6-17-18(10-15)29-22(28-17)12-3-2-4-14(25)7-12/h2-10H,11H2,1H3,(H2,26,30)(H,27,31)(H,28,29). The van der Waals surface area contributed by atoms with E-state index < -0.39 is 11.8 Å². The van der Waals surface area contributed by atoms with Gasteiger partial charge in [-0.3, -0.25) is 9.59 Å². The van der Waals surface area contributed by atoms with E-state index in [-0.39, 0.29) is 34.5 Å². The Bertz CT molecular complexity index is 1370. The molecule has 0 radical (unpaired) electrons. The summed E-state index contributed by atoms with van der Waals surface area (Å²) in [7, 11) is 1.38. The maximum atomic E-state index is 13.5. The van der Waals surface area contributed by atoms with Gasteiger partial charge in [0.25, 0.3) is 11.8 Å². The normalized spacial score (nSPS) is 10.8. The maximum Gasteiger partial charge on any atom is 0.255 e. The minimum absolute atomic E-state index is 0.0875. The monoisotopic (exact) mass is 468 g/mol. The van der Waals surface area contributed by atoms with Crippen LogP contribution in [-0.4, -0.2) is 35.5 Å². The van der Waals surface area contributed by atoms with E-state index in [1.807, 2.05) is 0 Å². The molecule has 0 aliphatic rings. The second-order valence-electron chi connectivity index (χ2n) is 7.03. The Kier molecular flexibility index (Phi) is 6.14. The summed E-state index contributed by atoms with van der Waals surface area (Å²) in [4.78, 5) is 31.4. The Balaban J connectivity index is 1.57. The molecule has 168 valence electrons. The van der Waals surface area contributed by atoms with Crippen LogP contribution < -0.4 is 20.5 Å². The molecule has 4 aromatic rings. The number of nitrogens with two attached hydrogens (primary N) is 1. The molecule has 1 heterocycles. The highest BCUT2D eigenvalue weighted by molar-refractivity contribution is 6.32. The highest BCUT2D eigenvalue weighted by atomic mass is 35.5. The van der Waals surface area contributed by atoms with Gasteiger partial charge in [-0.25, -0.2) is 9.37 Å². The predicted molar refractivity (Wildman–Crippen MR) is 122 cm³/mol. The van der Waals surface area contributed by atoms with Crippen LogP contribution in [0.5, 0.6) is 11.5 Å². The predicted octanol–water partition coefficient (Wildman–Crippen LogP) is 4.15. The Morgan fingerprint density at radius 1 is 1.18 bits per heavy atom. The molecule has 2 amide bonds. The number of imidazole rings is 1. The molecule has 0 bridgehead atoms. The molecule has 0 fully saturated rings. The van der Waals surface area contributed by atoms with Crippen molar-refractivity contribution in [3.63, 3.8) is 0 Å². The summed E-state index contributed by atoms with van der Waals surface area (Å²) < 4.78 is 24.0. The molecule has 33 heavy (non-hydrogen) atoms. The average molecular weight is 469 g/mol. The van der Waals surface area contributed by atoms with Crippen molar-refractivity contribution in [1.82, 2.24) is 9.97 Å². The third-order valence-electron chi connectivity index (χ3n) is 4.69. The van der Waals surface area contributed by atoms with Gasteiger partial charge in [-0.05, 0) is 42.5 Å². The number of anilines is 1. The minimum atomic E-state index is -0.676. The number of carbonyl (C=O) groups excluding carboxylic acids is 2. The molecule has 3 aromatic carbocycles. The second-order valence-corrected chi connectivity index (χ2v) is 7.43. The van der Waals surface area contributed by atoms with E-state index in [4.69, 9.17) is 26.8 Å². The molecule has 0 aliphatic carbocycles. The van der Waals surface area contributed by atoms with Gasteiger partial charge >= 0.3 is 0 Å². The number of carbonyl (C=O) groups is 2. The van der Waals surface area contributed by atoms with Gasteiger partial charge in [-0.1, -0.05) is 23.7 Å². The molecule has 4 N–H and O–H groups in total. The lowest BCUT2D eigenvalue weighted by atomic mass is 10.1. The third kappa shape index (κ3) is 4.88. The molecule has 0 unspecified atom stereocenters. The SMILES string of the molecule is COc1cc(C(=O)Nc2ccc3nc(-c4cccc(F)c4)[nH]c3c2)cc(Cl)c1OCC(N)=O. The zero-order valence-corrected chi connectivity index (χ0v) is 18.1. The van der Waals surface area contributed by atoms with Gasteiger partial charge in [0.15, 0.2) is 18.1 Å². The highest BCUT2D eigenvalue weighted by Gasteiger charge is 2.17. The van der Waals surface area contributed by atoms with Crippen molar-refractivity contribution >= 4 is 40.1 Å². The second kappa shape index (κ2) is 9.17. The Morgan fingerprint density at radius 2 is 2.00 bits per heavy atom. The lowest BCUT2D eigenvalue weighted by Crippen LogP contribution is -2.20. The zero-order valence-electron chi connectivity index (χ0n) is 17.3. The van der Waals surface area contributed by atoms with Crippen molar-refractivity contribution in [1.29, 1.82) is 0 Å². The van der Waals surface area contributed by atoms with Gasteiger partial charge in [0, 0.05) is 16.8 Å². The highest BCUT2D eigenvalue weighted by Crippen LogP contribution is 2.36. The maximum absolute atomic E-state index is 13.5. The number of rotatable bonds is 7. The number of methoxy groups -OCH3 is 1. The van der Waals surface area contributed by atoms with Crippen LogP contribution in [0.1, 0.15) is 10.4 Å². The third-order valence-corrected chi connectivity index (χ3v) is 4.97. The van der Waals surface area contributed by atoms with Crippen LogP contribution in [0.25, 0.3) is 22.4 Å². The van der Waals surface area contributed by atoms with Crippen LogP contribution in [0.15, 0.2) is 54.6 Å². The number of nitrogens with zero attached hydrogens (tertiary/aromatic N) is 1. The van der Waals surface area contributed by atoms with Gasteiger partial charge < -0.3 is 25.5 Å². The zero-order chi connectivity index (χ0) is 23.5. The first-order valence-corrected chi connectivity index (χ1v) is 10.1. The lowest BCUT2D eigenvalue weighted by Gasteiger charge is -2.13. The van der Waals surface area contributed by atoms with Crippen LogP contribution in [0.4, 0.5) is 10.1 Å². The molecule has 0 atom stereocenters. The fourth-order valence-electron chi connectivity index (χ4n) is 3.20. The van der Waals surface area contributed by atoms with E-state index in [9.17, 15) is 14.0 Å². The van der Waals surface area contributed by atoms with Crippen molar-refractivity contribution in [2.75, 3.05) is 19.0 Å². The number of fused-ring (bicyclic) bond motifs is 1. The number of benzene rings is 3. The number of H-pyrrole nitrogens is 1. The molecular formula is C23H18ClFN4O4. The summed E-state index contributed by atoms with van der Waals surface area (Å²) in [5.74, 6) is -0.682. The number of primary amides is 1. The fourth-order valence-corrected chi connectivity index (χ4v) is 3.46. The van der Waals surface area contributed by atoms with Gasteiger partial charge in [0.2, 0.25) is 0 Å². The van der Waals surface area contributed by atoms with Crippen LogP contribution in [0.3, 0.4) is 0 Å². The number of ether oxygens (including phenoxy) is 2. The number of aromatic amines is 1. The largest absolute Gasteiger partial charge is 0.493 e. The Labute approximate surface area is 192 Å². The summed E-state index contributed by atoms with van der Waals surface area (Å²) in [5, 5.41) is 2.87. The van der Waals surface area contributed by atoms with Gasteiger partial charge in [0.1, 0.15) is 11.6 Å². The smallest absolute Gasteiger partial charge is 0.255 e. The molecule has 0 saturated carbocycles. The molecule has 8 nitrogen and oxygen atoms in total. The number of aromatic nitrogens is 2. The minimum Gasteiger partial charge on any atom is -0.493 e. The number of hydrogen-bond donors (Lipinski definition) is 3. The Hall–Kier alpha value is -4.11. The van der Waals surface area contributed by atoms with Gasteiger partial charge in [-0.2, -0.15) is 0 Å².